The zero-order chi connectivity index (χ0) is 9.38. The van der Waals surface area contributed by atoms with Crippen LogP contribution in [0.3, 0.4) is 0 Å². The Balaban J connectivity index is 2.34. The summed E-state index contributed by atoms with van der Waals surface area (Å²) in [6.45, 7) is 0. The molecule has 0 atom stereocenters. The predicted molar refractivity (Wildman–Crippen MR) is 54.5 cm³/mol. The summed E-state index contributed by atoms with van der Waals surface area (Å²) in [7, 11) is 0. The van der Waals surface area contributed by atoms with Gasteiger partial charge in [-0.15, -0.1) is 0 Å². The van der Waals surface area contributed by atoms with Gasteiger partial charge in [0.2, 0.25) is 0 Å². The number of nitrogens with zero attached hydrogens (tertiary/aromatic N) is 1. The molecule has 3 nitrogen and oxygen atoms in total. The normalized spacial score (nSPS) is 13.1. The molecule has 0 saturated carbocycles. The van der Waals surface area contributed by atoms with E-state index in [0.717, 1.165) is 22.3 Å². The predicted octanol–water partition coefficient (Wildman–Crippen LogP) is 2.10. The number of rotatable bonds is 0. The monoisotopic (exact) mass is 184 g/mol. The van der Waals surface area contributed by atoms with Gasteiger partial charge in [-0.3, -0.25) is 0 Å². The highest BCUT2D eigenvalue weighted by Gasteiger charge is 2.08. The molecule has 0 fully saturated rings. The van der Waals surface area contributed by atoms with Crippen LogP contribution < -0.4 is 10.3 Å². The van der Waals surface area contributed by atoms with Gasteiger partial charge in [-0.05, 0) is 18.2 Å². The van der Waals surface area contributed by atoms with Gasteiger partial charge < -0.3 is 4.84 Å². The van der Waals surface area contributed by atoms with Crippen molar-refractivity contribution in [2.24, 2.45) is 0 Å². The third-order valence-corrected chi connectivity index (χ3v) is 2.19. The van der Waals surface area contributed by atoms with Crippen LogP contribution >= 0.6 is 0 Å². The van der Waals surface area contributed by atoms with Crippen molar-refractivity contribution in [3.8, 4) is 5.75 Å². The highest BCUT2D eigenvalue weighted by molar-refractivity contribution is 5.82. The summed E-state index contributed by atoms with van der Waals surface area (Å²) in [5.41, 5.74) is 4.54. The Morgan fingerprint density at radius 1 is 1.21 bits per heavy atom. The Labute approximate surface area is 81.0 Å². The largest absolute Gasteiger partial charge is 0.380 e. The fraction of sp³-hybridized carbons (Fsp3) is 0. The van der Waals surface area contributed by atoms with Crippen LogP contribution in [0.25, 0.3) is 17.0 Å². The Hall–Kier alpha value is -2.03. The van der Waals surface area contributed by atoms with Gasteiger partial charge >= 0.3 is 0 Å². The minimum atomic E-state index is 0.770. The Kier molecular flexibility index (Phi) is 1.44. The van der Waals surface area contributed by atoms with E-state index in [-0.39, 0.29) is 0 Å². The number of pyridine rings is 1. The second-order valence-corrected chi connectivity index (χ2v) is 3.12. The smallest absolute Gasteiger partial charge is 0.181 e. The van der Waals surface area contributed by atoms with Crippen molar-refractivity contribution in [3.63, 3.8) is 0 Å². The van der Waals surface area contributed by atoms with E-state index in [1.807, 2.05) is 36.4 Å². The molecule has 0 spiro atoms. The molecule has 14 heavy (non-hydrogen) atoms. The summed E-state index contributed by atoms with van der Waals surface area (Å²) < 4.78 is 0. The highest BCUT2D eigenvalue weighted by Crippen LogP contribution is 2.24. The van der Waals surface area contributed by atoms with E-state index in [2.05, 4.69) is 10.5 Å². The maximum atomic E-state index is 5.23. The Morgan fingerprint density at radius 3 is 3.14 bits per heavy atom. The second kappa shape index (κ2) is 2.73. The number of hydroxylamine groups is 1. The van der Waals surface area contributed by atoms with Crippen molar-refractivity contribution in [2.45, 2.75) is 0 Å². The molecule has 3 rings (SSSR count). The summed E-state index contributed by atoms with van der Waals surface area (Å²) in [5, 5.41) is 1.09. The first-order valence-electron chi connectivity index (χ1n) is 4.42. The van der Waals surface area contributed by atoms with E-state index >= 15 is 0 Å². The van der Waals surface area contributed by atoms with Crippen molar-refractivity contribution in [1.82, 2.24) is 10.5 Å². The first-order chi connectivity index (χ1) is 6.93. The third kappa shape index (κ3) is 1.03. The van der Waals surface area contributed by atoms with E-state index < -0.39 is 0 Å². The van der Waals surface area contributed by atoms with E-state index in [1.54, 1.807) is 6.20 Å². The van der Waals surface area contributed by atoms with Gasteiger partial charge in [-0.2, -0.15) is 0 Å². The summed E-state index contributed by atoms with van der Waals surface area (Å²) in [4.78, 5) is 9.70. The zero-order valence-electron chi connectivity index (χ0n) is 7.40. The van der Waals surface area contributed by atoms with Crippen LogP contribution in [0, 0.1) is 0 Å². The number of hydrogen-bond donors (Lipinski definition) is 1. The molecule has 1 aliphatic rings. The molecule has 2 heterocycles. The van der Waals surface area contributed by atoms with E-state index in [1.165, 1.54) is 0 Å². The van der Waals surface area contributed by atoms with Crippen LogP contribution in [-0.2, 0) is 0 Å². The van der Waals surface area contributed by atoms with E-state index in [4.69, 9.17) is 4.84 Å². The molecular formula is C11H8N2O. The quantitative estimate of drug-likeness (QED) is 0.680. The molecule has 1 N–H and O–H groups in total. The lowest BCUT2D eigenvalue weighted by molar-refractivity contribution is 0.238. The van der Waals surface area contributed by atoms with Gasteiger partial charge in [0.25, 0.3) is 0 Å². The van der Waals surface area contributed by atoms with Crippen LogP contribution in [-0.4, -0.2) is 4.98 Å². The number of benzene rings is 1. The Morgan fingerprint density at radius 2 is 2.14 bits per heavy atom. The van der Waals surface area contributed by atoms with Crippen LogP contribution in [0.1, 0.15) is 5.69 Å². The molecule has 1 aromatic carbocycles. The maximum Gasteiger partial charge on any atom is 0.181 e. The van der Waals surface area contributed by atoms with Gasteiger partial charge in [-0.25, -0.2) is 10.5 Å². The number of nitrogens with one attached hydrogen (secondary N) is 1. The van der Waals surface area contributed by atoms with Gasteiger partial charge in [0.05, 0.1) is 5.52 Å². The molecule has 0 bridgehead atoms. The molecule has 0 aliphatic carbocycles. The fourth-order valence-electron chi connectivity index (χ4n) is 1.52. The first-order valence-corrected chi connectivity index (χ1v) is 4.42. The fourth-order valence-corrected chi connectivity index (χ4v) is 1.52. The average molecular weight is 184 g/mol. The number of fused-ring (bicyclic) bond motifs is 2. The molecule has 0 saturated heterocycles. The maximum absolute atomic E-state index is 5.23. The number of hydrogen-bond acceptors (Lipinski definition) is 3. The van der Waals surface area contributed by atoms with Crippen molar-refractivity contribution >= 4 is 17.0 Å². The highest BCUT2D eigenvalue weighted by atomic mass is 16.6. The molecule has 1 aromatic heterocycles. The zero-order valence-corrected chi connectivity index (χ0v) is 7.40. The van der Waals surface area contributed by atoms with Crippen molar-refractivity contribution in [2.75, 3.05) is 0 Å². The van der Waals surface area contributed by atoms with Crippen LogP contribution in [0.4, 0.5) is 0 Å². The minimum Gasteiger partial charge on any atom is -0.380 e. The van der Waals surface area contributed by atoms with Crippen molar-refractivity contribution in [3.05, 3.63) is 42.2 Å². The second-order valence-electron chi connectivity index (χ2n) is 3.12. The lowest BCUT2D eigenvalue weighted by Gasteiger charge is -2.12. The summed E-state index contributed by atoms with van der Waals surface area (Å²) in [6, 6.07) is 9.96. The summed E-state index contributed by atoms with van der Waals surface area (Å²) in [5.74, 6) is 0.770. The summed E-state index contributed by atoms with van der Waals surface area (Å²) in [6.07, 6.45) is 3.62. The minimum absolute atomic E-state index is 0.770. The molecule has 0 unspecified atom stereocenters. The van der Waals surface area contributed by atoms with E-state index in [0.29, 0.717) is 0 Å². The van der Waals surface area contributed by atoms with Crippen molar-refractivity contribution < 1.29 is 4.84 Å². The molecule has 0 amide bonds. The molecule has 3 heteroatoms. The van der Waals surface area contributed by atoms with E-state index in [9.17, 15) is 0 Å². The molecule has 1 aliphatic heterocycles. The van der Waals surface area contributed by atoms with Gasteiger partial charge in [0.15, 0.2) is 5.75 Å². The average Bonchev–Trinajstić information content (AvgIpc) is 2.26. The summed E-state index contributed by atoms with van der Waals surface area (Å²) >= 11 is 0. The molecular weight excluding hydrogens is 176 g/mol. The molecule has 0 radical (unpaired) electrons. The molecule has 68 valence electrons. The lowest BCUT2D eigenvalue weighted by Crippen LogP contribution is -2.14. The standard InChI is InChI=1S/C11H8N2O/c1-2-4-9-8(3-1)7-11-10(13-9)5-6-12-14-11/h1-7,12H. The van der Waals surface area contributed by atoms with Crippen LogP contribution in [0.5, 0.6) is 5.75 Å². The topological polar surface area (TPSA) is 34.1 Å². The van der Waals surface area contributed by atoms with Crippen molar-refractivity contribution in [1.29, 1.82) is 0 Å². The lowest BCUT2D eigenvalue weighted by atomic mass is 10.2. The SMILES string of the molecule is C1=Cc2nc3ccccc3cc2ON1. The van der Waals surface area contributed by atoms with Gasteiger partial charge in [0, 0.05) is 11.6 Å². The molecule has 2 aromatic rings. The van der Waals surface area contributed by atoms with Gasteiger partial charge in [0.1, 0.15) is 5.69 Å². The Bertz CT molecular complexity index is 520. The van der Waals surface area contributed by atoms with Gasteiger partial charge in [-0.1, -0.05) is 18.2 Å². The first kappa shape index (κ1) is 7.38. The third-order valence-electron chi connectivity index (χ3n) is 2.19. The number of aromatic nitrogens is 1. The number of para-hydroxylation sites is 1. The van der Waals surface area contributed by atoms with Crippen LogP contribution in [0.15, 0.2) is 36.5 Å². The van der Waals surface area contributed by atoms with Crippen LogP contribution in [0.2, 0.25) is 0 Å².